The fraction of sp³-hybridized carbons (Fsp3) is 0.385. The van der Waals surface area contributed by atoms with E-state index in [1.54, 1.807) is 18.6 Å². The van der Waals surface area contributed by atoms with E-state index in [0.29, 0.717) is 29.1 Å². The van der Waals surface area contributed by atoms with Crippen LogP contribution in [0.5, 0.6) is 0 Å². The van der Waals surface area contributed by atoms with Gasteiger partial charge in [0.25, 0.3) is 0 Å². The number of hydrogen-bond donors (Lipinski definition) is 1. The van der Waals surface area contributed by atoms with E-state index in [9.17, 15) is 13.2 Å². The first kappa shape index (κ1) is 15.7. The Morgan fingerprint density at radius 3 is 2.88 bits per heavy atom. The van der Waals surface area contributed by atoms with Crippen LogP contribution in [0.15, 0.2) is 33.8 Å². The van der Waals surface area contributed by atoms with Crippen molar-refractivity contribution in [1.82, 2.24) is 14.8 Å². The van der Waals surface area contributed by atoms with E-state index in [-0.39, 0.29) is 17.1 Å². The molecule has 4 rings (SSSR count). The summed E-state index contributed by atoms with van der Waals surface area (Å²) in [5.74, 6) is 5.57. The van der Waals surface area contributed by atoms with Gasteiger partial charge in [-0.05, 0) is 6.42 Å². The Bertz CT molecular complexity index is 835. The Morgan fingerprint density at radius 2 is 2.12 bits per heavy atom. The van der Waals surface area contributed by atoms with Crippen molar-refractivity contribution in [3.8, 4) is 0 Å². The Balaban J connectivity index is 1.69. The number of aliphatic imine (C=N–C) groups is 2. The van der Waals surface area contributed by atoms with E-state index < -0.39 is 12.0 Å². The van der Waals surface area contributed by atoms with E-state index in [1.807, 2.05) is 0 Å². The molecular formula is C13H12BrF3N7+. The number of nitrogens with two attached hydrogens (primary N) is 1. The van der Waals surface area contributed by atoms with Crippen molar-refractivity contribution in [1.29, 1.82) is 0 Å². The Kier molecular flexibility index (Phi) is 3.31. The molecule has 126 valence electrons. The number of amidine groups is 1. The van der Waals surface area contributed by atoms with Crippen LogP contribution in [0.3, 0.4) is 0 Å². The molecular weight excluding hydrogens is 391 g/mol. The molecule has 0 fully saturated rings. The number of halogens is 4. The summed E-state index contributed by atoms with van der Waals surface area (Å²) < 4.78 is 40.3. The second-order valence-corrected chi connectivity index (χ2v) is 6.49. The minimum atomic E-state index is -4.50. The lowest BCUT2D eigenvalue weighted by Crippen LogP contribution is -2.50. The molecule has 24 heavy (non-hydrogen) atoms. The van der Waals surface area contributed by atoms with E-state index in [2.05, 4.69) is 36.1 Å². The summed E-state index contributed by atoms with van der Waals surface area (Å²) in [7, 11) is 0. The van der Waals surface area contributed by atoms with Gasteiger partial charge < -0.3 is 4.57 Å². The van der Waals surface area contributed by atoms with Crippen LogP contribution in [0.1, 0.15) is 18.1 Å². The van der Waals surface area contributed by atoms with Crippen molar-refractivity contribution in [3.63, 3.8) is 0 Å². The van der Waals surface area contributed by atoms with Gasteiger partial charge in [-0.2, -0.15) is 24.0 Å². The smallest absolute Gasteiger partial charge is 0.307 e. The van der Waals surface area contributed by atoms with Gasteiger partial charge in [0.1, 0.15) is 17.7 Å². The van der Waals surface area contributed by atoms with Gasteiger partial charge in [0.05, 0.1) is 12.4 Å². The van der Waals surface area contributed by atoms with Gasteiger partial charge >= 0.3 is 10.9 Å². The molecule has 3 aliphatic heterocycles. The molecule has 3 aliphatic rings. The molecule has 0 bridgehead atoms. The first-order valence-corrected chi connectivity index (χ1v) is 7.97. The third-order valence-electron chi connectivity index (χ3n) is 4.36. The van der Waals surface area contributed by atoms with E-state index in [1.165, 1.54) is 0 Å². The molecule has 7 nitrogen and oxygen atoms in total. The van der Waals surface area contributed by atoms with Crippen LogP contribution < -0.4 is 5.84 Å². The average molecular weight is 403 g/mol. The molecule has 2 N–H and O–H groups in total. The molecule has 1 aromatic heterocycles. The van der Waals surface area contributed by atoms with Crippen LogP contribution in [0.4, 0.5) is 13.2 Å². The maximum atomic E-state index is 12.9. The van der Waals surface area contributed by atoms with Crippen molar-refractivity contribution >= 4 is 26.9 Å². The highest BCUT2D eigenvalue weighted by Gasteiger charge is 2.46. The number of hydrogen-bond acceptors (Lipinski definition) is 5. The van der Waals surface area contributed by atoms with Crippen molar-refractivity contribution in [3.05, 3.63) is 35.4 Å². The minimum Gasteiger partial charge on any atom is -0.307 e. The number of alkyl halides is 3. The molecule has 0 amide bonds. The lowest BCUT2D eigenvalue weighted by Gasteiger charge is -2.26. The number of fused-ring (bicyclic) bond motifs is 2. The SMILES string of the molecule is N[N+]12C=CN=CC1=C(C1CCn3c(nnc3C(F)(F)F)C1)N=C2Br. The summed E-state index contributed by atoms with van der Waals surface area (Å²) in [6, 6.07) is 0. The third-order valence-corrected chi connectivity index (χ3v) is 5.13. The summed E-state index contributed by atoms with van der Waals surface area (Å²) in [5.41, 5.74) is 1.43. The largest absolute Gasteiger partial charge is 0.451 e. The van der Waals surface area contributed by atoms with Gasteiger partial charge in [0, 0.05) is 34.8 Å². The Hall–Kier alpha value is -1.85. The summed E-state index contributed by atoms with van der Waals surface area (Å²) >= 11 is 3.37. The zero-order valence-electron chi connectivity index (χ0n) is 12.2. The molecule has 0 saturated heterocycles. The topological polar surface area (TPSA) is 81.5 Å². The van der Waals surface area contributed by atoms with E-state index >= 15 is 0 Å². The van der Waals surface area contributed by atoms with Gasteiger partial charge in [-0.15, -0.1) is 14.8 Å². The number of allylic oxidation sites excluding steroid dienone is 2. The summed E-state index contributed by atoms with van der Waals surface area (Å²) in [6.45, 7) is 0.184. The van der Waals surface area contributed by atoms with Crippen LogP contribution in [0.25, 0.3) is 0 Å². The third kappa shape index (κ3) is 2.19. The highest BCUT2D eigenvalue weighted by molar-refractivity contribution is 9.18. The Morgan fingerprint density at radius 1 is 1.33 bits per heavy atom. The fourth-order valence-electron chi connectivity index (χ4n) is 3.16. The second-order valence-electron chi connectivity index (χ2n) is 5.78. The van der Waals surface area contributed by atoms with Crippen LogP contribution >= 0.6 is 15.9 Å². The number of quaternary nitrogens is 1. The first-order chi connectivity index (χ1) is 11.3. The lowest BCUT2D eigenvalue weighted by molar-refractivity contribution is -0.746. The predicted molar refractivity (Wildman–Crippen MR) is 82.3 cm³/mol. The fourth-order valence-corrected chi connectivity index (χ4v) is 3.66. The predicted octanol–water partition coefficient (Wildman–Crippen LogP) is 2.08. The summed E-state index contributed by atoms with van der Waals surface area (Å²) in [6.07, 6.45) is 1.21. The van der Waals surface area contributed by atoms with E-state index in [0.717, 1.165) is 10.3 Å². The lowest BCUT2D eigenvalue weighted by atomic mass is 9.93. The second kappa shape index (κ2) is 5.07. The van der Waals surface area contributed by atoms with Gasteiger partial charge in [-0.1, -0.05) is 0 Å². The van der Waals surface area contributed by atoms with Crippen molar-refractivity contribution in [2.75, 3.05) is 0 Å². The normalized spacial score (nSPS) is 28.9. The van der Waals surface area contributed by atoms with Gasteiger partial charge in [-0.3, -0.25) is 4.99 Å². The quantitative estimate of drug-likeness (QED) is 0.443. The summed E-state index contributed by atoms with van der Waals surface area (Å²) in [5, 5.41) is 7.01. The van der Waals surface area contributed by atoms with Gasteiger partial charge in [-0.25, -0.2) is 0 Å². The molecule has 1 aromatic rings. The molecule has 0 saturated carbocycles. The van der Waals surface area contributed by atoms with Crippen LogP contribution in [0, 0.1) is 5.92 Å². The van der Waals surface area contributed by atoms with Crippen LogP contribution in [0.2, 0.25) is 0 Å². The maximum Gasteiger partial charge on any atom is 0.451 e. The average Bonchev–Trinajstić information content (AvgIpc) is 3.06. The minimum absolute atomic E-state index is 0.0909. The molecule has 11 heteroatoms. The monoisotopic (exact) mass is 402 g/mol. The molecule has 0 aromatic carbocycles. The molecule has 4 heterocycles. The number of aromatic nitrogens is 3. The number of rotatable bonds is 1. The highest BCUT2D eigenvalue weighted by atomic mass is 79.9. The van der Waals surface area contributed by atoms with Crippen molar-refractivity contribution < 1.29 is 17.8 Å². The standard InChI is InChI=1S/C13H12BrF3N7/c14-12-20-10(8-6-19-2-4-24(8,12)18)7-1-3-23-9(5-7)21-22-11(23)13(15,16)17/h2,4,6-7H,1,3,5,18H2/q+1. The highest BCUT2D eigenvalue weighted by Crippen LogP contribution is 2.39. The molecule has 0 spiro atoms. The van der Waals surface area contributed by atoms with Gasteiger partial charge in [0.2, 0.25) is 11.5 Å². The summed E-state index contributed by atoms with van der Waals surface area (Å²) in [4.78, 5) is 8.58. The number of nitrogens with zero attached hydrogens (tertiary/aromatic N) is 6. The zero-order valence-corrected chi connectivity index (χ0v) is 13.8. The molecule has 0 radical (unpaired) electrons. The first-order valence-electron chi connectivity index (χ1n) is 7.17. The molecule has 2 unspecified atom stereocenters. The van der Waals surface area contributed by atoms with Crippen molar-refractivity contribution in [2.24, 2.45) is 21.7 Å². The maximum absolute atomic E-state index is 12.9. The zero-order chi connectivity index (χ0) is 17.1. The van der Waals surface area contributed by atoms with E-state index in [4.69, 9.17) is 5.84 Å². The van der Waals surface area contributed by atoms with Crippen LogP contribution in [-0.2, 0) is 19.1 Å². The van der Waals surface area contributed by atoms with Gasteiger partial charge in [0.15, 0.2) is 0 Å². The molecule has 0 aliphatic carbocycles. The molecule has 2 atom stereocenters. The van der Waals surface area contributed by atoms with Crippen molar-refractivity contribution in [2.45, 2.75) is 25.6 Å². The Labute approximate surface area is 142 Å². The van der Waals surface area contributed by atoms with Crippen LogP contribution in [-0.4, -0.2) is 30.3 Å².